The van der Waals surface area contributed by atoms with Crippen molar-refractivity contribution in [1.82, 2.24) is 20.1 Å². The van der Waals surface area contributed by atoms with Crippen molar-refractivity contribution in [3.8, 4) is 5.75 Å². The molecule has 1 aliphatic rings. The van der Waals surface area contributed by atoms with E-state index in [0.29, 0.717) is 13.1 Å². The normalized spacial score (nSPS) is 14.8. The molecular weight excluding hydrogens is 529 g/mol. The number of piperazine rings is 1. The molecule has 1 N–H and O–H groups in total. The molecule has 0 bridgehead atoms. The van der Waals surface area contributed by atoms with Crippen LogP contribution in [0.2, 0.25) is 0 Å². The van der Waals surface area contributed by atoms with Gasteiger partial charge in [0.05, 0.1) is 0 Å². The first-order valence-electron chi connectivity index (χ1n) is 10.3. The lowest BCUT2D eigenvalue weighted by atomic mass is 10.2. The van der Waals surface area contributed by atoms with E-state index in [1.54, 1.807) is 31.3 Å². The zero-order valence-electron chi connectivity index (χ0n) is 18.7. The molecule has 0 spiro atoms. The lowest BCUT2D eigenvalue weighted by Crippen LogP contribution is -2.44. The number of hydrogen-bond donors (Lipinski definition) is 1. The predicted molar refractivity (Wildman–Crippen MR) is 134 cm³/mol. The van der Waals surface area contributed by atoms with Crippen molar-refractivity contribution in [2.75, 3.05) is 52.2 Å². The van der Waals surface area contributed by atoms with Gasteiger partial charge in [-0.3, -0.25) is 4.99 Å². The van der Waals surface area contributed by atoms with Gasteiger partial charge in [0.25, 0.3) is 0 Å². The SMILES string of the molecule is CN=C(NCc1ccc(N2CCN(C)CC2)nc1)N(C)Cc1ccc(OC(F)F)cc1.I. The number of halogens is 3. The molecule has 7 nitrogen and oxygen atoms in total. The Kier molecular flexibility index (Phi) is 10.4. The predicted octanol–water partition coefficient (Wildman–Crippen LogP) is 3.26. The van der Waals surface area contributed by atoms with E-state index in [-0.39, 0.29) is 29.7 Å². The monoisotopic (exact) mass is 560 g/mol. The van der Waals surface area contributed by atoms with Crippen LogP contribution in [0.5, 0.6) is 5.75 Å². The minimum absolute atomic E-state index is 0. The number of rotatable bonds is 7. The first-order chi connectivity index (χ1) is 14.9. The maximum absolute atomic E-state index is 12.3. The zero-order chi connectivity index (χ0) is 22.2. The summed E-state index contributed by atoms with van der Waals surface area (Å²) in [6.07, 6.45) is 1.90. The maximum Gasteiger partial charge on any atom is 0.387 e. The number of likely N-dealkylation sites (N-methyl/N-ethyl adjacent to an activating group) is 1. The second-order valence-electron chi connectivity index (χ2n) is 7.59. The molecule has 1 saturated heterocycles. The highest BCUT2D eigenvalue weighted by molar-refractivity contribution is 14.0. The van der Waals surface area contributed by atoms with E-state index in [2.05, 4.69) is 49.0 Å². The number of aromatic nitrogens is 1. The summed E-state index contributed by atoms with van der Waals surface area (Å²) in [6, 6.07) is 10.8. The van der Waals surface area contributed by atoms with Gasteiger partial charge in [-0.1, -0.05) is 18.2 Å². The summed E-state index contributed by atoms with van der Waals surface area (Å²) in [4.78, 5) is 15.5. The van der Waals surface area contributed by atoms with Crippen molar-refractivity contribution in [3.63, 3.8) is 0 Å². The molecular formula is C22H31F2IN6O. The van der Waals surface area contributed by atoms with Crippen LogP contribution < -0.4 is 15.0 Å². The number of alkyl halides is 2. The molecule has 2 heterocycles. The summed E-state index contributed by atoms with van der Waals surface area (Å²) in [5.41, 5.74) is 2.03. The molecule has 0 aliphatic carbocycles. The lowest BCUT2D eigenvalue weighted by molar-refractivity contribution is -0.0498. The fraction of sp³-hybridized carbons (Fsp3) is 0.455. The standard InChI is InChI=1S/C22H30F2N6O.HI/c1-25-22(29(3)16-17-4-7-19(8-5-17)31-21(23)24)27-15-18-6-9-20(26-14-18)30-12-10-28(2)11-13-30;/h4-9,14,21H,10-13,15-16H2,1-3H3,(H,25,27);1H. The summed E-state index contributed by atoms with van der Waals surface area (Å²) in [6.45, 7) is 2.46. The second kappa shape index (κ2) is 12.7. The first-order valence-corrected chi connectivity index (χ1v) is 10.3. The molecule has 0 unspecified atom stereocenters. The van der Waals surface area contributed by atoms with E-state index in [9.17, 15) is 8.78 Å². The fourth-order valence-corrected chi connectivity index (χ4v) is 3.43. The highest BCUT2D eigenvalue weighted by atomic mass is 127. The Bertz CT molecular complexity index is 843. The Balaban J connectivity index is 0.00000363. The third-order valence-corrected chi connectivity index (χ3v) is 5.23. The van der Waals surface area contributed by atoms with Crippen molar-refractivity contribution in [3.05, 3.63) is 53.7 Å². The highest BCUT2D eigenvalue weighted by Gasteiger charge is 2.15. The Morgan fingerprint density at radius 2 is 1.78 bits per heavy atom. The quantitative estimate of drug-likeness (QED) is 0.319. The highest BCUT2D eigenvalue weighted by Crippen LogP contribution is 2.16. The topological polar surface area (TPSA) is 56.2 Å². The Morgan fingerprint density at radius 3 is 2.34 bits per heavy atom. The van der Waals surface area contributed by atoms with Crippen LogP contribution in [-0.2, 0) is 13.1 Å². The molecule has 176 valence electrons. The molecule has 0 radical (unpaired) electrons. The van der Waals surface area contributed by atoms with Crippen LogP contribution in [0.3, 0.4) is 0 Å². The van der Waals surface area contributed by atoms with Crippen molar-refractivity contribution in [1.29, 1.82) is 0 Å². The number of nitrogens with zero attached hydrogens (tertiary/aromatic N) is 5. The maximum atomic E-state index is 12.3. The lowest BCUT2D eigenvalue weighted by Gasteiger charge is -2.33. The van der Waals surface area contributed by atoms with Crippen LogP contribution in [0.1, 0.15) is 11.1 Å². The van der Waals surface area contributed by atoms with Crippen LogP contribution in [0.25, 0.3) is 0 Å². The summed E-state index contributed by atoms with van der Waals surface area (Å²) < 4.78 is 28.9. The van der Waals surface area contributed by atoms with Gasteiger partial charge in [0.1, 0.15) is 11.6 Å². The molecule has 3 rings (SSSR count). The van der Waals surface area contributed by atoms with Gasteiger partial charge in [-0.05, 0) is 36.4 Å². The van der Waals surface area contributed by atoms with Gasteiger partial charge < -0.3 is 24.8 Å². The summed E-state index contributed by atoms with van der Waals surface area (Å²) in [7, 11) is 5.79. The van der Waals surface area contributed by atoms with Gasteiger partial charge >= 0.3 is 6.61 Å². The Labute approximate surface area is 205 Å². The van der Waals surface area contributed by atoms with Gasteiger partial charge in [-0.2, -0.15) is 8.78 Å². The average Bonchev–Trinajstić information content (AvgIpc) is 2.76. The number of nitrogens with one attached hydrogen (secondary N) is 1. The van der Waals surface area contributed by atoms with Gasteiger partial charge in [0.15, 0.2) is 5.96 Å². The van der Waals surface area contributed by atoms with Crippen LogP contribution in [0, 0.1) is 0 Å². The van der Waals surface area contributed by atoms with Crippen molar-refractivity contribution in [2.24, 2.45) is 4.99 Å². The van der Waals surface area contributed by atoms with E-state index in [1.807, 2.05) is 18.1 Å². The van der Waals surface area contributed by atoms with Crippen LogP contribution in [0.4, 0.5) is 14.6 Å². The largest absolute Gasteiger partial charge is 0.435 e. The zero-order valence-corrected chi connectivity index (χ0v) is 21.0. The van der Waals surface area contributed by atoms with E-state index in [0.717, 1.165) is 49.1 Å². The molecule has 10 heteroatoms. The number of guanidine groups is 1. The van der Waals surface area contributed by atoms with Crippen molar-refractivity contribution < 1.29 is 13.5 Å². The first kappa shape index (κ1) is 26.0. The van der Waals surface area contributed by atoms with Gasteiger partial charge in [-0.15, -0.1) is 24.0 Å². The minimum Gasteiger partial charge on any atom is -0.435 e. The third-order valence-electron chi connectivity index (χ3n) is 5.23. The van der Waals surface area contributed by atoms with Crippen molar-refractivity contribution in [2.45, 2.75) is 19.7 Å². The summed E-state index contributed by atoms with van der Waals surface area (Å²) in [5, 5.41) is 3.34. The average molecular weight is 560 g/mol. The molecule has 1 fully saturated rings. The van der Waals surface area contributed by atoms with Gasteiger partial charge in [0, 0.05) is 59.6 Å². The van der Waals surface area contributed by atoms with Gasteiger partial charge in [-0.25, -0.2) is 4.98 Å². The van der Waals surface area contributed by atoms with E-state index in [4.69, 9.17) is 0 Å². The minimum atomic E-state index is -2.82. The van der Waals surface area contributed by atoms with Crippen molar-refractivity contribution >= 4 is 35.8 Å². The number of pyridine rings is 1. The molecule has 0 atom stereocenters. The van der Waals surface area contributed by atoms with Crippen LogP contribution in [-0.4, -0.2) is 74.7 Å². The summed E-state index contributed by atoms with van der Waals surface area (Å²) >= 11 is 0. The van der Waals surface area contributed by atoms with E-state index >= 15 is 0 Å². The van der Waals surface area contributed by atoms with Gasteiger partial charge in [0.2, 0.25) is 0 Å². The number of hydrogen-bond acceptors (Lipinski definition) is 5. The smallest absolute Gasteiger partial charge is 0.387 e. The Hall–Kier alpha value is -2.21. The molecule has 1 aliphatic heterocycles. The van der Waals surface area contributed by atoms with E-state index in [1.165, 1.54) is 0 Å². The molecule has 1 aromatic heterocycles. The van der Waals surface area contributed by atoms with Crippen LogP contribution in [0.15, 0.2) is 47.6 Å². The summed E-state index contributed by atoms with van der Waals surface area (Å²) in [5.74, 6) is 1.89. The number of aliphatic imine (C=N–C) groups is 1. The fourth-order valence-electron chi connectivity index (χ4n) is 3.43. The molecule has 2 aromatic rings. The molecule has 0 amide bonds. The number of ether oxygens (including phenoxy) is 1. The second-order valence-corrected chi connectivity index (χ2v) is 7.59. The third kappa shape index (κ3) is 7.73. The van der Waals surface area contributed by atoms with Crippen LogP contribution >= 0.6 is 24.0 Å². The molecule has 0 saturated carbocycles. The Morgan fingerprint density at radius 1 is 1.12 bits per heavy atom. The number of anilines is 1. The molecule has 1 aromatic carbocycles. The number of benzene rings is 1. The van der Waals surface area contributed by atoms with E-state index < -0.39 is 6.61 Å². The molecule has 32 heavy (non-hydrogen) atoms.